The summed E-state index contributed by atoms with van der Waals surface area (Å²) in [6.07, 6.45) is -4.37. The normalized spacial score (nSPS) is 16.9. The van der Waals surface area contributed by atoms with Crippen molar-refractivity contribution < 1.29 is 22.7 Å². The molecule has 2 aromatic carbocycles. The van der Waals surface area contributed by atoms with Gasteiger partial charge in [-0.05, 0) is 47.9 Å². The van der Waals surface area contributed by atoms with Crippen LogP contribution in [0.3, 0.4) is 0 Å². The number of benzene rings is 2. The number of nitrogens with zero attached hydrogens (tertiary/aromatic N) is 1. The van der Waals surface area contributed by atoms with Crippen LogP contribution < -0.4 is 0 Å². The second-order valence-electron chi connectivity index (χ2n) is 6.64. The minimum absolute atomic E-state index is 0.380. The number of aromatic nitrogens is 1. The van der Waals surface area contributed by atoms with Crippen molar-refractivity contribution in [2.75, 3.05) is 13.7 Å². The van der Waals surface area contributed by atoms with E-state index in [0.29, 0.717) is 23.6 Å². The molecule has 0 aliphatic carbocycles. The Balaban J connectivity index is 1.86. The summed E-state index contributed by atoms with van der Waals surface area (Å²) in [6.45, 7) is 0.380. The molecule has 1 atom stereocenters. The molecule has 0 saturated heterocycles. The van der Waals surface area contributed by atoms with Crippen LogP contribution in [-0.4, -0.2) is 29.6 Å². The summed E-state index contributed by atoms with van der Waals surface area (Å²) >= 11 is 6.13. The van der Waals surface area contributed by atoms with E-state index < -0.39 is 23.9 Å². The maximum absolute atomic E-state index is 12.9. The quantitative estimate of drug-likeness (QED) is 0.573. The molecule has 1 amide bonds. The first-order chi connectivity index (χ1) is 13.3. The molecule has 28 heavy (non-hydrogen) atoms. The van der Waals surface area contributed by atoms with Gasteiger partial charge in [0.05, 0.1) is 12.7 Å². The van der Waals surface area contributed by atoms with Crippen molar-refractivity contribution in [3.05, 3.63) is 69.9 Å². The van der Waals surface area contributed by atoms with E-state index in [1.807, 2.05) is 12.1 Å². The van der Waals surface area contributed by atoms with E-state index in [9.17, 15) is 18.0 Å². The van der Waals surface area contributed by atoms with Gasteiger partial charge in [0.2, 0.25) is 0 Å². The number of carbonyl (C=O) groups is 1. The number of halogens is 4. The molecule has 0 fully saturated rings. The van der Waals surface area contributed by atoms with Crippen molar-refractivity contribution in [1.29, 1.82) is 0 Å². The van der Waals surface area contributed by atoms with Crippen LogP contribution in [0.2, 0.25) is 5.02 Å². The number of carbonyl (C=O) groups excluding carboxylic acids is 1. The van der Waals surface area contributed by atoms with E-state index in [1.165, 1.54) is 24.1 Å². The Kier molecular flexibility index (Phi) is 4.50. The maximum Gasteiger partial charge on any atom is 0.416 e. The number of hydrogen-bond donors (Lipinski definition) is 1. The van der Waals surface area contributed by atoms with Gasteiger partial charge in [0, 0.05) is 28.2 Å². The average Bonchev–Trinajstić information content (AvgIpc) is 3.04. The highest BCUT2D eigenvalue weighted by Crippen LogP contribution is 2.40. The minimum Gasteiger partial charge on any atom is -0.453 e. The molecule has 0 bridgehead atoms. The fraction of sp³-hybridized carbons (Fsp3) is 0.250. The minimum atomic E-state index is -4.42. The summed E-state index contributed by atoms with van der Waals surface area (Å²) in [5.74, 6) is 0. The van der Waals surface area contributed by atoms with E-state index in [4.69, 9.17) is 16.3 Å². The molecule has 0 spiro atoms. The number of ether oxygens (including phenoxy) is 1. The van der Waals surface area contributed by atoms with Crippen molar-refractivity contribution >= 4 is 28.6 Å². The van der Waals surface area contributed by atoms with Crippen LogP contribution in [0.4, 0.5) is 18.0 Å². The highest BCUT2D eigenvalue weighted by Gasteiger charge is 2.36. The van der Waals surface area contributed by atoms with Crippen LogP contribution in [0.5, 0.6) is 0 Å². The number of nitrogens with one attached hydrogen (secondary N) is 1. The topological polar surface area (TPSA) is 45.3 Å². The lowest BCUT2D eigenvalue weighted by atomic mass is 9.92. The van der Waals surface area contributed by atoms with Crippen LogP contribution in [-0.2, 0) is 17.3 Å². The first-order valence-corrected chi connectivity index (χ1v) is 8.99. The number of hydrogen-bond acceptors (Lipinski definition) is 2. The Labute approximate surface area is 163 Å². The van der Waals surface area contributed by atoms with Crippen LogP contribution in [0.1, 0.15) is 28.4 Å². The van der Waals surface area contributed by atoms with Crippen molar-refractivity contribution in [2.45, 2.75) is 18.6 Å². The summed E-state index contributed by atoms with van der Waals surface area (Å²) in [4.78, 5) is 17.2. The lowest BCUT2D eigenvalue weighted by Gasteiger charge is -2.35. The molecule has 2 heterocycles. The van der Waals surface area contributed by atoms with Gasteiger partial charge in [-0.1, -0.05) is 23.7 Å². The van der Waals surface area contributed by atoms with Gasteiger partial charge in [-0.3, -0.25) is 4.90 Å². The summed E-state index contributed by atoms with van der Waals surface area (Å²) in [7, 11) is 1.28. The summed E-state index contributed by atoms with van der Waals surface area (Å²) in [5, 5.41) is 1.54. The van der Waals surface area contributed by atoms with Gasteiger partial charge in [-0.25, -0.2) is 4.79 Å². The second-order valence-corrected chi connectivity index (χ2v) is 7.08. The second kappa shape index (κ2) is 6.74. The zero-order valence-electron chi connectivity index (χ0n) is 14.8. The van der Waals surface area contributed by atoms with E-state index in [0.717, 1.165) is 34.3 Å². The lowest BCUT2D eigenvalue weighted by Crippen LogP contribution is -2.40. The number of rotatable bonds is 1. The smallest absolute Gasteiger partial charge is 0.416 e. The van der Waals surface area contributed by atoms with Crippen LogP contribution in [0, 0.1) is 0 Å². The van der Waals surface area contributed by atoms with E-state index >= 15 is 0 Å². The number of methoxy groups -OCH3 is 1. The molecule has 4 rings (SSSR count). The van der Waals surface area contributed by atoms with Crippen molar-refractivity contribution in [1.82, 2.24) is 9.88 Å². The number of H-pyrrole nitrogens is 1. The molecule has 1 aliphatic heterocycles. The lowest BCUT2D eigenvalue weighted by molar-refractivity contribution is -0.137. The molecule has 1 N–H and O–H groups in total. The predicted octanol–water partition coefficient (Wildman–Crippen LogP) is 5.55. The van der Waals surface area contributed by atoms with Gasteiger partial charge in [0.15, 0.2) is 0 Å². The fourth-order valence-corrected chi connectivity index (χ4v) is 3.95. The fourth-order valence-electron chi connectivity index (χ4n) is 3.78. The average molecular weight is 409 g/mol. The van der Waals surface area contributed by atoms with Crippen molar-refractivity contribution in [2.24, 2.45) is 0 Å². The van der Waals surface area contributed by atoms with Crippen molar-refractivity contribution in [3.8, 4) is 0 Å². The first kappa shape index (κ1) is 18.7. The summed E-state index contributed by atoms with van der Waals surface area (Å²) in [6, 6.07) is 9.73. The largest absolute Gasteiger partial charge is 0.453 e. The number of fused-ring (bicyclic) bond motifs is 3. The molecule has 1 aromatic heterocycles. The Bertz CT molecular complexity index is 1040. The molecule has 0 radical (unpaired) electrons. The van der Waals surface area contributed by atoms with Gasteiger partial charge in [0.25, 0.3) is 0 Å². The number of amides is 1. The van der Waals surface area contributed by atoms with E-state index in [1.54, 1.807) is 6.07 Å². The van der Waals surface area contributed by atoms with Gasteiger partial charge >= 0.3 is 12.3 Å². The molecular weight excluding hydrogens is 393 g/mol. The van der Waals surface area contributed by atoms with Crippen LogP contribution >= 0.6 is 11.6 Å². The van der Waals surface area contributed by atoms with Gasteiger partial charge < -0.3 is 9.72 Å². The summed E-state index contributed by atoms with van der Waals surface area (Å²) in [5.41, 5.74) is 2.45. The van der Waals surface area contributed by atoms with Crippen molar-refractivity contribution in [3.63, 3.8) is 0 Å². The third-order valence-corrected chi connectivity index (χ3v) is 5.29. The molecule has 4 nitrogen and oxygen atoms in total. The standard InChI is InChI=1S/C20H16ClF3N2O2/c1-28-19(27)26-9-8-14-15-10-13(21)6-7-16(15)25-17(14)18(26)11-2-4-12(5-3-11)20(22,23)24/h2-7,10,18,25H,8-9H2,1H3. The maximum atomic E-state index is 12.9. The SMILES string of the molecule is COC(=O)N1CCc2c([nH]c3ccc(Cl)cc23)C1c1ccc(C(F)(F)F)cc1. The highest BCUT2D eigenvalue weighted by atomic mass is 35.5. The Hall–Kier alpha value is -2.67. The molecular formula is C20H16ClF3N2O2. The molecule has 0 saturated carbocycles. The first-order valence-electron chi connectivity index (χ1n) is 8.61. The highest BCUT2D eigenvalue weighted by molar-refractivity contribution is 6.31. The van der Waals surface area contributed by atoms with E-state index in [-0.39, 0.29) is 0 Å². The molecule has 3 aromatic rings. The van der Waals surface area contributed by atoms with Crippen LogP contribution in [0.25, 0.3) is 10.9 Å². The molecule has 1 unspecified atom stereocenters. The number of alkyl halides is 3. The predicted molar refractivity (Wildman–Crippen MR) is 99.4 cm³/mol. The monoisotopic (exact) mass is 408 g/mol. The van der Waals surface area contributed by atoms with Gasteiger partial charge in [-0.15, -0.1) is 0 Å². The van der Waals surface area contributed by atoms with Gasteiger partial charge in [0.1, 0.15) is 6.04 Å². The Morgan fingerprint density at radius 3 is 2.57 bits per heavy atom. The van der Waals surface area contributed by atoms with Gasteiger partial charge in [-0.2, -0.15) is 13.2 Å². The molecule has 146 valence electrons. The zero-order chi connectivity index (χ0) is 20.1. The number of aromatic amines is 1. The van der Waals surface area contributed by atoms with Crippen LogP contribution in [0.15, 0.2) is 42.5 Å². The molecule has 1 aliphatic rings. The Morgan fingerprint density at radius 2 is 1.93 bits per heavy atom. The Morgan fingerprint density at radius 1 is 1.21 bits per heavy atom. The third kappa shape index (κ3) is 3.09. The molecule has 8 heteroatoms. The summed E-state index contributed by atoms with van der Waals surface area (Å²) < 4.78 is 43.7. The third-order valence-electron chi connectivity index (χ3n) is 5.05. The van der Waals surface area contributed by atoms with E-state index in [2.05, 4.69) is 4.98 Å². The zero-order valence-corrected chi connectivity index (χ0v) is 15.6.